The monoisotopic (exact) mass is 285 g/mol. The zero-order valence-electron chi connectivity index (χ0n) is 13.0. The molecule has 0 spiro atoms. The van der Waals surface area contributed by atoms with Crippen molar-refractivity contribution in [2.45, 2.75) is 33.7 Å². The Bertz CT molecular complexity index is 435. The summed E-state index contributed by atoms with van der Waals surface area (Å²) in [5.74, 6) is -1.04. The van der Waals surface area contributed by atoms with E-state index >= 15 is 0 Å². The van der Waals surface area contributed by atoms with Crippen molar-refractivity contribution in [2.24, 2.45) is 0 Å². The summed E-state index contributed by atoms with van der Waals surface area (Å²) in [6.07, 6.45) is 0. The van der Waals surface area contributed by atoms with Gasteiger partial charge in [-0.2, -0.15) is 0 Å². The quantitative estimate of drug-likeness (QED) is 0.842. The standard InChI is InChI=1S/C13H18FNO3.C2H6/c1-8-5-10(13(16)18-4)12(11(14)6-8)15-9(2)7-17-3;1-2/h5-6,9,15H,7H2,1-4H3;1-2H3. The first-order chi connectivity index (χ1) is 9.49. The van der Waals surface area contributed by atoms with Gasteiger partial charge in [0, 0.05) is 13.2 Å². The fourth-order valence-electron chi connectivity index (χ4n) is 1.70. The SMILES string of the molecule is CC.COCC(C)Nc1c(F)cc(C)cc1C(=O)OC. The topological polar surface area (TPSA) is 47.6 Å². The molecule has 0 aliphatic rings. The maximum atomic E-state index is 13.9. The predicted octanol–water partition coefficient (Wildman–Crippen LogP) is 3.39. The van der Waals surface area contributed by atoms with E-state index in [1.807, 2.05) is 20.8 Å². The molecule has 1 rings (SSSR count). The van der Waals surface area contributed by atoms with E-state index < -0.39 is 11.8 Å². The van der Waals surface area contributed by atoms with Crippen molar-refractivity contribution in [1.29, 1.82) is 0 Å². The van der Waals surface area contributed by atoms with Gasteiger partial charge in [-0.1, -0.05) is 13.8 Å². The van der Waals surface area contributed by atoms with Crippen LogP contribution in [0.25, 0.3) is 0 Å². The minimum Gasteiger partial charge on any atom is -0.465 e. The first-order valence-corrected chi connectivity index (χ1v) is 6.63. The Morgan fingerprint density at radius 2 is 1.95 bits per heavy atom. The van der Waals surface area contributed by atoms with Gasteiger partial charge in [0.2, 0.25) is 0 Å². The maximum absolute atomic E-state index is 13.9. The summed E-state index contributed by atoms with van der Waals surface area (Å²) in [6.45, 7) is 7.97. The summed E-state index contributed by atoms with van der Waals surface area (Å²) in [7, 11) is 2.83. The van der Waals surface area contributed by atoms with Crippen molar-refractivity contribution in [1.82, 2.24) is 0 Å². The van der Waals surface area contributed by atoms with E-state index in [-0.39, 0.29) is 17.3 Å². The average Bonchev–Trinajstić information content (AvgIpc) is 2.43. The molecular formula is C15H24FNO3. The maximum Gasteiger partial charge on any atom is 0.340 e. The fraction of sp³-hybridized carbons (Fsp3) is 0.533. The van der Waals surface area contributed by atoms with Crippen LogP contribution in [0.4, 0.5) is 10.1 Å². The molecule has 0 bridgehead atoms. The number of benzene rings is 1. The summed E-state index contributed by atoms with van der Waals surface area (Å²) in [4.78, 5) is 11.6. The van der Waals surface area contributed by atoms with Crippen LogP contribution < -0.4 is 5.32 Å². The second kappa shape index (κ2) is 9.31. The second-order valence-electron chi connectivity index (χ2n) is 4.16. The van der Waals surface area contributed by atoms with Gasteiger partial charge in [0.15, 0.2) is 0 Å². The van der Waals surface area contributed by atoms with Crippen molar-refractivity contribution >= 4 is 11.7 Å². The van der Waals surface area contributed by atoms with Crippen LogP contribution in [0.3, 0.4) is 0 Å². The van der Waals surface area contributed by atoms with E-state index in [2.05, 4.69) is 10.1 Å². The molecule has 0 aliphatic carbocycles. The van der Waals surface area contributed by atoms with Gasteiger partial charge in [0.25, 0.3) is 0 Å². The number of nitrogens with one attached hydrogen (secondary N) is 1. The molecular weight excluding hydrogens is 261 g/mol. The van der Waals surface area contributed by atoms with Gasteiger partial charge < -0.3 is 14.8 Å². The summed E-state index contributed by atoms with van der Waals surface area (Å²) >= 11 is 0. The van der Waals surface area contributed by atoms with Crippen LogP contribution in [-0.4, -0.2) is 32.8 Å². The molecule has 5 heteroatoms. The molecule has 4 nitrogen and oxygen atoms in total. The number of aryl methyl sites for hydroxylation is 1. The number of carbonyl (C=O) groups is 1. The lowest BCUT2D eigenvalue weighted by molar-refractivity contribution is 0.0601. The van der Waals surface area contributed by atoms with Gasteiger partial charge in [0.1, 0.15) is 5.82 Å². The smallest absolute Gasteiger partial charge is 0.340 e. The van der Waals surface area contributed by atoms with Crippen LogP contribution >= 0.6 is 0 Å². The van der Waals surface area contributed by atoms with Crippen molar-refractivity contribution in [3.05, 3.63) is 29.1 Å². The molecule has 0 fully saturated rings. The van der Waals surface area contributed by atoms with Crippen molar-refractivity contribution in [3.8, 4) is 0 Å². The second-order valence-corrected chi connectivity index (χ2v) is 4.16. The lowest BCUT2D eigenvalue weighted by atomic mass is 10.1. The Kier molecular flexibility index (Phi) is 8.56. The lowest BCUT2D eigenvalue weighted by Gasteiger charge is -2.17. The normalized spacial score (nSPS) is 11.2. The molecule has 0 aliphatic heterocycles. The summed E-state index contributed by atoms with van der Waals surface area (Å²) in [5.41, 5.74) is 1.01. The molecule has 0 saturated carbocycles. The molecule has 1 aromatic carbocycles. The van der Waals surface area contributed by atoms with E-state index in [1.54, 1.807) is 20.1 Å². The highest BCUT2D eigenvalue weighted by molar-refractivity contribution is 5.96. The van der Waals surface area contributed by atoms with Crippen LogP contribution in [0.2, 0.25) is 0 Å². The molecule has 0 heterocycles. The zero-order valence-corrected chi connectivity index (χ0v) is 13.0. The molecule has 1 unspecified atom stereocenters. The Labute approximate surface area is 120 Å². The number of carbonyl (C=O) groups excluding carboxylic acids is 1. The highest BCUT2D eigenvalue weighted by Gasteiger charge is 2.18. The fourth-order valence-corrected chi connectivity index (χ4v) is 1.70. The average molecular weight is 285 g/mol. The molecule has 0 amide bonds. The summed E-state index contributed by atoms with van der Waals surface area (Å²) in [5, 5.41) is 2.92. The van der Waals surface area contributed by atoms with E-state index in [0.717, 1.165) is 0 Å². The van der Waals surface area contributed by atoms with Gasteiger partial charge in [-0.3, -0.25) is 0 Å². The first kappa shape index (κ1) is 18.4. The number of anilines is 1. The minimum absolute atomic E-state index is 0.115. The number of hydrogen-bond donors (Lipinski definition) is 1. The number of esters is 1. The third kappa shape index (κ3) is 5.17. The van der Waals surface area contributed by atoms with Crippen LogP contribution in [0.15, 0.2) is 12.1 Å². The van der Waals surface area contributed by atoms with Gasteiger partial charge in [0.05, 0.1) is 25.0 Å². The summed E-state index contributed by atoms with van der Waals surface area (Å²) < 4.78 is 23.5. The molecule has 0 radical (unpaired) electrons. The van der Waals surface area contributed by atoms with Gasteiger partial charge >= 0.3 is 5.97 Å². The minimum atomic E-state index is -0.565. The van der Waals surface area contributed by atoms with Gasteiger partial charge in [-0.15, -0.1) is 0 Å². The van der Waals surface area contributed by atoms with E-state index in [1.165, 1.54) is 13.2 Å². The molecule has 1 N–H and O–H groups in total. The highest BCUT2D eigenvalue weighted by atomic mass is 19.1. The third-order valence-corrected chi connectivity index (χ3v) is 2.45. The molecule has 114 valence electrons. The molecule has 1 aromatic rings. The zero-order chi connectivity index (χ0) is 15.7. The van der Waals surface area contributed by atoms with Crippen molar-refractivity contribution in [3.63, 3.8) is 0 Å². The van der Waals surface area contributed by atoms with Crippen LogP contribution in [0.5, 0.6) is 0 Å². The van der Waals surface area contributed by atoms with E-state index in [4.69, 9.17) is 4.74 Å². The molecule has 0 saturated heterocycles. The van der Waals surface area contributed by atoms with Gasteiger partial charge in [-0.05, 0) is 31.5 Å². The van der Waals surface area contributed by atoms with Crippen LogP contribution in [-0.2, 0) is 9.47 Å². The van der Waals surface area contributed by atoms with Gasteiger partial charge in [-0.25, -0.2) is 9.18 Å². The third-order valence-electron chi connectivity index (χ3n) is 2.45. The number of rotatable bonds is 5. The van der Waals surface area contributed by atoms with E-state index in [0.29, 0.717) is 12.2 Å². The Morgan fingerprint density at radius 1 is 1.35 bits per heavy atom. The number of hydrogen-bond acceptors (Lipinski definition) is 4. The lowest BCUT2D eigenvalue weighted by Crippen LogP contribution is -2.23. The van der Waals surface area contributed by atoms with Crippen molar-refractivity contribution in [2.75, 3.05) is 26.1 Å². The molecule has 0 aromatic heterocycles. The highest BCUT2D eigenvalue weighted by Crippen LogP contribution is 2.23. The Hall–Kier alpha value is -1.62. The first-order valence-electron chi connectivity index (χ1n) is 6.63. The predicted molar refractivity (Wildman–Crippen MR) is 78.8 cm³/mol. The number of halogens is 1. The molecule has 1 atom stereocenters. The summed E-state index contributed by atoms with van der Waals surface area (Å²) in [6, 6.07) is 2.85. The van der Waals surface area contributed by atoms with Crippen LogP contribution in [0, 0.1) is 12.7 Å². The molecule has 20 heavy (non-hydrogen) atoms. The Morgan fingerprint density at radius 3 is 2.45 bits per heavy atom. The van der Waals surface area contributed by atoms with E-state index in [9.17, 15) is 9.18 Å². The van der Waals surface area contributed by atoms with Crippen molar-refractivity contribution < 1.29 is 18.7 Å². The number of ether oxygens (including phenoxy) is 2. The van der Waals surface area contributed by atoms with Crippen LogP contribution in [0.1, 0.15) is 36.7 Å². The number of methoxy groups -OCH3 is 2. The largest absolute Gasteiger partial charge is 0.465 e. The Balaban J connectivity index is 0.00000172.